The SMILES string of the molecule is FC(F)(F)c1cccc(COc2cccc3onc(Nc4cccnc4)c23)c1. The van der Waals surface area contributed by atoms with Gasteiger partial charge < -0.3 is 14.6 Å². The van der Waals surface area contributed by atoms with Gasteiger partial charge in [-0.25, -0.2) is 0 Å². The molecule has 142 valence electrons. The molecule has 0 amide bonds. The molecule has 2 aromatic heterocycles. The van der Waals surface area contributed by atoms with E-state index >= 15 is 0 Å². The summed E-state index contributed by atoms with van der Waals surface area (Å²) in [4.78, 5) is 4.03. The molecule has 0 atom stereocenters. The molecule has 2 heterocycles. The summed E-state index contributed by atoms with van der Waals surface area (Å²) < 4.78 is 49.8. The number of anilines is 2. The second kappa shape index (κ2) is 7.22. The van der Waals surface area contributed by atoms with Gasteiger partial charge in [0.2, 0.25) is 0 Å². The van der Waals surface area contributed by atoms with Crippen molar-refractivity contribution in [2.45, 2.75) is 12.8 Å². The first-order chi connectivity index (χ1) is 13.5. The van der Waals surface area contributed by atoms with Gasteiger partial charge >= 0.3 is 6.18 Å². The largest absolute Gasteiger partial charge is 0.488 e. The molecule has 0 fully saturated rings. The third-order valence-electron chi connectivity index (χ3n) is 4.03. The number of ether oxygens (including phenoxy) is 1. The van der Waals surface area contributed by atoms with Crippen LogP contribution in [0.2, 0.25) is 0 Å². The molecule has 0 saturated heterocycles. The van der Waals surface area contributed by atoms with Crippen LogP contribution in [0.4, 0.5) is 24.7 Å². The van der Waals surface area contributed by atoms with Gasteiger partial charge in [0.25, 0.3) is 0 Å². The number of benzene rings is 2. The van der Waals surface area contributed by atoms with Crippen molar-refractivity contribution in [2.75, 3.05) is 5.32 Å². The summed E-state index contributed by atoms with van der Waals surface area (Å²) in [6.07, 6.45) is -1.12. The minimum atomic E-state index is -4.40. The van der Waals surface area contributed by atoms with E-state index in [0.29, 0.717) is 33.8 Å². The smallest absolute Gasteiger partial charge is 0.416 e. The Kier molecular flexibility index (Phi) is 4.60. The van der Waals surface area contributed by atoms with Crippen molar-refractivity contribution in [3.05, 3.63) is 78.1 Å². The fourth-order valence-corrected chi connectivity index (χ4v) is 2.74. The number of nitrogens with one attached hydrogen (secondary N) is 1. The van der Waals surface area contributed by atoms with E-state index < -0.39 is 11.7 Å². The first-order valence-electron chi connectivity index (χ1n) is 8.35. The van der Waals surface area contributed by atoms with E-state index in [4.69, 9.17) is 9.26 Å². The van der Waals surface area contributed by atoms with Crippen LogP contribution >= 0.6 is 0 Å². The highest BCUT2D eigenvalue weighted by Crippen LogP contribution is 2.34. The minimum Gasteiger partial charge on any atom is -0.488 e. The molecule has 0 saturated carbocycles. The first kappa shape index (κ1) is 17.8. The maximum Gasteiger partial charge on any atom is 0.416 e. The number of pyridine rings is 1. The predicted octanol–water partition coefficient (Wildman–Crippen LogP) is 5.56. The van der Waals surface area contributed by atoms with Crippen molar-refractivity contribution < 1.29 is 22.4 Å². The molecule has 1 N–H and O–H groups in total. The maximum atomic E-state index is 12.9. The van der Waals surface area contributed by atoms with Crippen molar-refractivity contribution in [3.8, 4) is 5.75 Å². The summed E-state index contributed by atoms with van der Waals surface area (Å²) in [5, 5.41) is 7.70. The van der Waals surface area contributed by atoms with Crippen molar-refractivity contribution in [1.82, 2.24) is 10.1 Å². The molecule has 0 aliphatic heterocycles. The fraction of sp³-hybridized carbons (Fsp3) is 0.100. The molecule has 0 spiro atoms. The fourth-order valence-electron chi connectivity index (χ4n) is 2.74. The van der Waals surface area contributed by atoms with Gasteiger partial charge in [-0.15, -0.1) is 0 Å². The quantitative estimate of drug-likeness (QED) is 0.487. The van der Waals surface area contributed by atoms with Gasteiger partial charge in [-0.05, 0) is 42.0 Å². The Bertz CT molecular complexity index is 1090. The topological polar surface area (TPSA) is 60.2 Å². The van der Waals surface area contributed by atoms with Crippen LogP contribution in [-0.2, 0) is 12.8 Å². The number of halogens is 3. The van der Waals surface area contributed by atoms with E-state index in [-0.39, 0.29) is 6.61 Å². The van der Waals surface area contributed by atoms with Crippen LogP contribution in [0.5, 0.6) is 5.75 Å². The minimum absolute atomic E-state index is 0.0272. The van der Waals surface area contributed by atoms with E-state index in [1.807, 2.05) is 6.07 Å². The molecule has 0 bridgehead atoms. The molecule has 4 rings (SSSR count). The van der Waals surface area contributed by atoms with Crippen LogP contribution in [0.15, 0.2) is 71.5 Å². The summed E-state index contributed by atoms with van der Waals surface area (Å²) in [6.45, 7) is -0.0272. The van der Waals surface area contributed by atoms with Crippen molar-refractivity contribution in [1.29, 1.82) is 0 Å². The van der Waals surface area contributed by atoms with Crippen LogP contribution < -0.4 is 10.1 Å². The van der Waals surface area contributed by atoms with Crippen molar-refractivity contribution in [3.63, 3.8) is 0 Å². The number of hydrogen-bond donors (Lipinski definition) is 1. The number of alkyl halides is 3. The Hall–Kier alpha value is -3.55. The van der Waals surface area contributed by atoms with Crippen molar-refractivity contribution >= 4 is 22.5 Å². The summed E-state index contributed by atoms with van der Waals surface area (Å²) in [7, 11) is 0. The molecule has 0 aliphatic carbocycles. The van der Waals surface area contributed by atoms with E-state index in [1.165, 1.54) is 6.07 Å². The molecule has 0 radical (unpaired) electrons. The lowest BCUT2D eigenvalue weighted by atomic mass is 10.1. The summed E-state index contributed by atoms with van der Waals surface area (Å²) >= 11 is 0. The molecule has 2 aromatic carbocycles. The number of fused-ring (bicyclic) bond motifs is 1. The molecule has 28 heavy (non-hydrogen) atoms. The number of rotatable bonds is 5. The van der Waals surface area contributed by atoms with E-state index in [2.05, 4.69) is 15.5 Å². The number of aromatic nitrogens is 2. The highest BCUT2D eigenvalue weighted by molar-refractivity contribution is 5.95. The zero-order valence-corrected chi connectivity index (χ0v) is 14.4. The number of hydrogen-bond acceptors (Lipinski definition) is 5. The maximum absolute atomic E-state index is 12.9. The van der Waals surface area contributed by atoms with E-state index in [0.717, 1.165) is 12.1 Å². The lowest BCUT2D eigenvalue weighted by Crippen LogP contribution is -2.06. The summed E-state index contributed by atoms with van der Waals surface area (Å²) in [5.74, 6) is 0.880. The van der Waals surface area contributed by atoms with Gasteiger partial charge in [-0.3, -0.25) is 4.98 Å². The van der Waals surface area contributed by atoms with Crippen LogP contribution in [0.25, 0.3) is 11.0 Å². The highest BCUT2D eigenvalue weighted by atomic mass is 19.4. The molecule has 4 aromatic rings. The standard InChI is InChI=1S/C20H14F3N3O2/c21-20(22,23)14-5-1-4-13(10-14)12-27-16-7-2-8-17-18(16)19(26-28-17)25-15-6-3-9-24-11-15/h1-11H,12H2,(H,25,26). The number of nitrogens with zero attached hydrogens (tertiary/aromatic N) is 2. The average Bonchev–Trinajstić information content (AvgIpc) is 3.10. The van der Waals surface area contributed by atoms with Gasteiger partial charge in [0.05, 0.1) is 17.4 Å². The van der Waals surface area contributed by atoms with E-state index in [1.54, 1.807) is 42.7 Å². The summed E-state index contributed by atoms with van der Waals surface area (Å²) in [6, 6.07) is 13.8. The normalized spacial score (nSPS) is 11.5. The van der Waals surface area contributed by atoms with Crippen LogP contribution in [0, 0.1) is 0 Å². The van der Waals surface area contributed by atoms with Gasteiger partial charge in [0, 0.05) is 6.20 Å². The van der Waals surface area contributed by atoms with Crippen molar-refractivity contribution in [2.24, 2.45) is 0 Å². The van der Waals surface area contributed by atoms with Gasteiger partial charge in [-0.2, -0.15) is 13.2 Å². The Morgan fingerprint density at radius 3 is 2.68 bits per heavy atom. The Balaban J connectivity index is 1.60. The monoisotopic (exact) mass is 385 g/mol. The lowest BCUT2D eigenvalue weighted by Gasteiger charge is -2.11. The predicted molar refractivity (Wildman–Crippen MR) is 97.3 cm³/mol. The van der Waals surface area contributed by atoms with Crippen LogP contribution in [0.1, 0.15) is 11.1 Å². The van der Waals surface area contributed by atoms with Gasteiger partial charge in [0.1, 0.15) is 17.7 Å². The van der Waals surface area contributed by atoms with Crippen LogP contribution in [0.3, 0.4) is 0 Å². The first-order valence-corrected chi connectivity index (χ1v) is 8.35. The second-order valence-electron chi connectivity index (χ2n) is 6.01. The van der Waals surface area contributed by atoms with Gasteiger partial charge in [-0.1, -0.05) is 23.4 Å². The molecule has 0 unspecified atom stereocenters. The average molecular weight is 385 g/mol. The van der Waals surface area contributed by atoms with Crippen LogP contribution in [-0.4, -0.2) is 10.1 Å². The molecular weight excluding hydrogens is 371 g/mol. The van der Waals surface area contributed by atoms with Gasteiger partial charge in [0.15, 0.2) is 11.4 Å². The zero-order valence-electron chi connectivity index (χ0n) is 14.4. The molecule has 5 nitrogen and oxygen atoms in total. The Labute approximate surface area is 157 Å². The molecular formula is C20H14F3N3O2. The third kappa shape index (κ3) is 3.75. The Morgan fingerprint density at radius 1 is 1.04 bits per heavy atom. The van der Waals surface area contributed by atoms with E-state index in [9.17, 15) is 13.2 Å². The molecule has 8 heteroatoms. The second-order valence-corrected chi connectivity index (χ2v) is 6.01. The highest BCUT2D eigenvalue weighted by Gasteiger charge is 2.30. The Morgan fingerprint density at radius 2 is 1.89 bits per heavy atom. The molecule has 0 aliphatic rings. The third-order valence-corrected chi connectivity index (χ3v) is 4.03. The lowest BCUT2D eigenvalue weighted by molar-refractivity contribution is -0.137. The summed E-state index contributed by atoms with van der Waals surface area (Å²) in [5.41, 5.74) is 0.902. The zero-order chi connectivity index (χ0) is 19.6.